The molecule has 1 aromatic heterocycles. The van der Waals surface area contributed by atoms with Gasteiger partial charge in [0.05, 0.1) is 17.9 Å². The number of rotatable bonds is 1. The molecule has 1 N–H and O–H groups in total. The fourth-order valence-corrected chi connectivity index (χ4v) is 1.18. The largest absolute Gasteiger partial charge is 0.386 e. The van der Waals surface area contributed by atoms with Gasteiger partial charge in [-0.25, -0.2) is 0 Å². The SMILES string of the molecule is CC(C)(C)C(O)c1cnsn1. The molecule has 0 aliphatic carbocycles. The lowest BCUT2D eigenvalue weighted by Crippen LogP contribution is -2.17. The Morgan fingerprint density at radius 2 is 2.18 bits per heavy atom. The average molecular weight is 172 g/mol. The smallest absolute Gasteiger partial charge is 0.103 e. The zero-order valence-electron chi connectivity index (χ0n) is 6.90. The van der Waals surface area contributed by atoms with Crippen molar-refractivity contribution in [1.29, 1.82) is 0 Å². The van der Waals surface area contributed by atoms with Crippen LogP contribution >= 0.6 is 11.7 Å². The summed E-state index contributed by atoms with van der Waals surface area (Å²) in [6, 6.07) is 0. The highest BCUT2D eigenvalue weighted by atomic mass is 32.1. The second-order valence-electron chi connectivity index (χ2n) is 3.60. The highest BCUT2D eigenvalue weighted by molar-refractivity contribution is 6.99. The van der Waals surface area contributed by atoms with Gasteiger partial charge in [0.15, 0.2) is 0 Å². The van der Waals surface area contributed by atoms with Crippen LogP contribution in [-0.4, -0.2) is 13.9 Å². The fourth-order valence-electron chi connectivity index (χ4n) is 0.736. The van der Waals surface area contributed by atoms with Gasteiger partial charge in [0.2, 0.25) is 0 Å². The van der Waals surface area contributed by atoms with Crippen molar-refractivity contribution in [1.82, 2.24) is 8.75 Å². The van der Waals surface area contributed by atoms with Gasteiger partial charge in [-0.05, 0) is 5.41 Å². The molecule has 0 aromatic carbocycles. The lowest BCUT2D eigenvalue weighted by atomic mass is 9.88. The van der Waals surface area contributed by atoms with Crippen molar-refractivity contribution in [2.24, 2.45) is 5.41 Å². The van der Waals surface area contributed by atoms with Gasteiger partial charge in [-0.1, -0.05) is 20.8 Å². The van der Waals surface area contributed by atoms with Crippen LogP contribution in [-0.2, 0) is 0 Å². The van der Waals surface area contributed by atoms with Gasteiger partial charge in [-0.15, -0.1) is 0 Å². The Kier molecular flexibility index (Phi) is 2.25. The van der Waals surface area contributed by atoms with E-state index < -0.39 is 6.10 Å². The van der Waals surface area contributed by atoms with Gasteiger partial charge in [0.1, 0.15) is 11.8 Å². The molecule has 0 amide bonds. The summed E-state index contributed by atoms with van der Waals surface area (Å²) in [5.41, 5.74) is 0.512. The summed E-state index contributed by atoms with van der Waals surface area (Å²) in [5.74, 6) is 0. The second-order valence-corrected chi connectivity index (χ2v) is 4.16. The highest BCUT2D eigenvalue weighted by Crippen LogP contribution is 2.31. The first-order valence-electron chi connectivity index (χ1n) is 3.47. The van der Waals surface area contributed by atoms with E-state index in [0.29, 0.717) is 5.69 Å². The third-order valence-electron chi connectivity index (χ3n) is 1.48. The number of aliphatic hydroxyl groups excluding tert-OH is 1. The lowest BCUT2D eigenvalue weighted by molar-refractivity contribution is 0.0596. The second kappa shape index (κ2) is 2.87. The van der Waals surface area contributed by atoms with E-state index in [0.717, 1.165) is 11.7 Å². The highest BCUT2D eigenvalue weighted by Gasteiger charge is 2.25. The first-order valence-corrected chi connectivity index (χ1v) is 4.20. The van der Waals surface area contributed by atoms with Crippen molar-refractivity contribution in [3.63, 3.8) is 0 Å². The van der Waals surface area contributed by atoms with Gasteiger partial charge in [0, 0.05) is 0 Å². The summed E-state index contributed by atoms with van der Waals surface area (Å²) >= 11 is 1.12. The third kappa shape index (κ3) is 1.97. The molecule has 11 heavy (non-hydrogen) atoms. The third-order valence-corrected chi connectivity index (χ3v) is 1.97. The van der Waals surface area contributed by atoms with Crippen LogP contribution in [0.3, 0.4) is 0 Å². The zero-order chi connectivity index (χ0) is 8.48. The van der Waals surface area contributed by atoms with Crippen molar-refractivity contribution in [2.75, 3.05) is 0 Å². The summed E-state index contributed by atoms with van der Waals surface area (Å²) in [4.78, 5) is 0. The summed E-state index contributed by atoms with van der Waals surface area (Å²) in [5, 5.41) is 9.65. The van der Waals surface area contributed by atoms with E-state index in [9.17, 15) is 5.11 Å². The normalized spacial score (nSPS) is 14.9. The maximum Gasteiger partial charge on any atom is 0.103 e. The van der Waals surface area contributed by atoms with Gasteiger partial charge in [0.25, 0.3) is 0 Å². The lowest BCUT2D eigenvalue weighted by Gasteiger charge is -2.23. The molecule has 1 unspecified atom stereocenters. The van der Waals surface area contributed by atoms with Crippen LogP contribution in [0.1, 0.15) is 32.6 Å². The number of aromatic nitrogens is 2. The van der Waals surface area contributed by atoms with E-state index in [1.165, 1.54) is 0 Å². The fraction of sp³-hybridized carbons (Fsp3) is 0.714. The van der Waals surface area contributed by atoms with Gasteiger partial charge >= 0.3 is 0 Å². The van der Waals surface area contributed by atoms with Crippen molar-refractivity contribution in [3.05, 3.63) is 11.9 Å². The minimum Gasteiger partial charge on any atom is -0.386 e. The number of nitrogens with zero attached hydrogens (tertiary/aromatic N) is 2. The molecule has 0 saturated carbocycles. The van der Waals surface area contributed by atoms with Crippen molar-refractivity contribution in [3.8, 4) is 0 Å². The quantitative estimate of drug-likeness (QED) is 0.700. The number of aliphatic hydroxyl groups is 1. The Balaban J connectivity index is 2.78. The van der Waals surface area contributed by atoms with Crippen molar-refractivity contribution >= 4 is 11.7 Å². The zero-order valence-corrected chi connectivity index (χ0v) is 7.72. The maximum absolute atomic E-state index is 9.65. The van der Waals surface area contributed by atoms with E-state index in [-0.39, 0.29) is 5.41 Å². The molecule has 0 bridgehead atoms. The molecule has 0 aliphatic heterocycles. The van der Waals surface area contributed by atoms with E-state index in [1.807, 2.05) is 20.8 Å². The van der Waals surface area contributed by atoms with Gasteiger partial charge in [-0.3, -0.25) is 0 Å². The standard InChI is InChI=1S/C7H12N2OS/c1-7(2,3)6(10)5-4-8-11-9-5/h4,6,10H,1-3H3. The molecule has 0 aliphatic rings. The Labute approximate surface area is 70.4 Å². The van der Waals surface area contributed by atoms with Crippen LogP contribution in [0.5, 0.6) is 0 Å². The first kappa shape index (κ1) is 8.62. The molecular weight excluding hydrogens is 160 g/mol. The molecule has 1 atom stereocenters. The van der Waals surface area contributed by atoms with E-state index >= 15 is 0 Å². The number of hydrogen-bond donors (Lipinski definition) is 1. The molecule has 0 saturated heterocycles. The monoisotopic (exact) mass is 172 g/mol. The molecule has 62 valence electrons. The summed E-state index contributed by atoms with van der Waals surface area (Å²) in [6.07, 6.45) is 1.10. The Morgan fingerprint density at radius 3 is 2.55 bits per heavy atom. The van der Waals surface area contributed by atoms with Crippen molar-refractivity contribution < 1.29 is 5.11 Å². The van der Waals surface area contributed by atoms with Gasteiger partial charge < -0.3 is 5.11 Å². The minimum atomic E-state index is -0.513. The summed E-state index contributed by atoms with van der Waals surface area (Å²) in [7, 11) is 0. The van der Waals surface area contributed by atoms with Crippen molar-refractivity contribution in [2.45, 2.75) is 26.9 Å². The first-order chi connectivity index (χ1) is 5.02. The number of hydrogen-bond acceptors (Lipinski definition) is 4. The van der Waals surface area contributed by atoms with Crippen LogP contribution < -0.4 is 0 Å². The predicted molar refractivity (Wildman–Crippen MR) is 44.3 cm³/mol. The average Bonchev–Trinajstić information content (AvgIpc) is 2.34. The van der Waals surface area contributed by atoms with Crippen LogP contribution in [0.25, 0.3) is 0 Å². The van der Waals surface area contributed by atoms with E-state index in [2.05, 4.69) is 8.75 Å². The Morgan fingerprint density at radius 1 is 1.55 bits per heavy atom. The Bertz CT molecular complexity index is 215. The molecule has 1 aromatic rings. The molecule has 0 radical (unpaired) electrons. The summed E-state index contributed by atoms with van der Waals surface area (Å²) in [6.45, 7) is 5.91. The molecule has 1 rings (SSSR count). The van der Waals surface area contributed by atoms with Crippen LogP contribution in [0.4, 0.5) is 0 Å². The minimum absolute atomic E-state index is 0.157. The topological polar surface area (TPSA) is 46.0 Å². The molecular formula is C7H12N2OS. The summed E-state index contributed by atoms with van der Waals surface area (Å²) < 4.78 is 7.79. The Hall–Kier alpha value is -0.480. The van der Waals surface area contributed by atoms with Gasteiger partial charge in [-0.2, -0.15) is 8.75 Å². The molecule has 1 heterocycles. The molecule has 0 spiro atoms. The van der Waals surface area contributed by atoms with Crippen LogP contribution in [0.2, 0.25) is 0 Å². The van der Waals surface area contributed by atoms with E-state index in [4.69, 9.17) is 0 Å². The molecule has 0 fully saturated rings. The van der Waals surface area contributed by atoms with Crippen LogP contribution in [0.15, 0.2) is 6.20 Å². The predicted octanol–water partition coefficient (Wildman–Crippen LogP) is 1.62. The maximum atomic E-state index is 9.65. The molecule has 4 heteroatoms. The van der Waals surface area contributed by atoms with E-state index in [1.54, 1.807) is 6.20 Å². The van der Waals surface area contributed by atoms with Crippen LogP contribution in [0, 0.1) is 5.41 Å². The molecule has 3 nitrogen and oxygen atoms in total.